The van der Waals surface area contributed by atoms with Crippen molar-refractivity contribution in [3.05, 3.63) is 35.3 Å². The normalized spacial score (nSPS) is 11.8. The van der Waals surface area contributed by atoms with Crippen LogP contribution in [0.2, 0.25) is 0 Å². The minimum atomic E-state index is 0.0501. The van der Waals surface area contributed by atoms with Crippen LogP contribution in [0.1, 0.15) is 16.8 Å². The monoisotopic (exact) mass is 263 g/mol. The molecule has 0 aliphatic rings. The molecule has 2 aromatic rings. The average molecular weight is 263 g/mol. The molecule has 2 heterocycles. The Morgan fingerprint density at radius 1 is 1.50 bits per heavy atom. The molecular weight excluding hydrogens is 250 g/mol. The highest BCUT2D eigenvalue weighted by Gasteiger charge is 2.15. The van der Waals surface area contributed by atoms with Crippen LogP contribution in [0.25, 0.3) is 0 Å². The van der Waals surface area contributed by atoms with E-state index in [2.05, 4.69) is 20.1 Å². The summed E-state index contributed by atoms with van der Waals surface area (Å²) in [7, 11) is 0. The highest BCUT2D eigenvalue weighted by Crippen LogP contribution is 2.28. The lowest BCUT2D eigenvalue weighted by Gasteiger charge is -2.10. The minimum absolute atomic E-state index is 0.0501. The van der Waals surface area contributed by atoms with Crippen molar-refractivity contribution in [2.75, 3.05) is 0 Å². The summed E-state index contributed by atoms with van der Waals surface area (Å²) in [5.41, 5.74) is 8.10. The number of aromatic amines is 1. The molecule has 0 aliphatic heterocycles. The second kappa shape index (κ2) is 5.09. The Hall–Kier alpha value is -2.02. The van der Waals surface area contributed by atoms with Gasteiger partial charge >= 0.3 is 0 Å². The maximum Gasteiger partial charge on any atom is 0.173 e. The highest BCUT2D eigenvalue weighted by molar-refractivity contribution is 7.99. The maximum atomic E-state index is 8.83. The van der Waals surface area contributed by atoms with Crippen molar-refractivity contribution in [1.82, 2.24) is 15.0 Å². The Balaban J connectivity index is 2.50. The largest absolute Gasteiger partial charge is 0.409 e. The molecule has 0 aromatic carbocycles. The first-order valence-corrected chi connectivity index (χ1v) is 6.07. The summed E-state index contributed by atoms with van der Waals surface area (Å²) in [6.07, 6.45) is 3.39. The third-order valence-corrected chi connectivity index (χ3v) is 3.25. The molecule has 0 unspecified atom stereocenters. The number of amidine groups is 1. The molecule has 0 saturated heterocycles. The number of H-pyrrole nitrogens is 1. The lowest BCUT2D eigenvalue weighted by Crippen LogP contribution is -2.17. The zero-order chi connectivity index (χ0) is 13.1. The van der Waals surface area contributed by atoms with Gasteiger partial charge in [0, 0.05) is 18.1 Å². The van der Waals surface area contributed by atoms with E-state index in [0.29, 0.717) is 15.7 Å². The van der Waals surface area contributed by atoms with Crippen molar-refractivity contribution in [1.29, 1.82) is 0 Å². The molecule has 94 valence electrons. The smallest absolute Gasteiger partial charge is 0.173 e. The van der Waals surface area contributed by atoms with Crippen LogP contribution in [-0.2, 0) is 0 Å². The summed E-state index contributed by atoms with van der Waals surface area (Å²) in [4.78, 5) is 11.5. The molecule has 0 aliphatic carbocycles. The summed E-state index contributed by atoms with van der Waals surface area (Å²) >= 11 is 1.34. The molecule has 6 nitrogen and oxygen atoms in total. The van der Waals surface area contributed by atoms with Gasteiger partial charge in [0.2, 0.25) is 0 Å². The zero-order valence-corrected chi connectivity index (χ0v) is 10.8. The van der Waals surface area contributed by atoms with Crippen LogP contribution in [0.15, 0.2) is 33.8 Å². The van der Waals surface area contributed by atoms with Crippen molar-refractivity contribution in [2.45, 2.75) is 24.0 Å². The second-order valence-electron chi connectivity index (χ2n) is 3.74. The van der Waals surface area contributed by atoms with E-state index in [1.54, 1.807) is 12.4 Å². The lowest BCUT2D eigenvalue weighted by atomic mass is 10.1. The number of nitrogens with one attached hydrogen (secondary N) is 1. The van der Waals surface area contributed by atoms with Crippen LogP contribution in [0.5, 0.6) is 0 Å². The molecule has 0 saturated carbocycles. The summed E-state index contributed by atoms with van der Waals surface area (Å²) in [5, 5.41) is 13.3. The van der Waals surface area contributed by atoms with E-state index in [1.165, 1.54) is 11.8 Å². The summed E-state index contributed by atoms with van der Waals surface area (Å²) in [5.74, 6) is 0.0501. The van der Waals surface area contributed by atoms with E-state index >= 15 is 0 Å². The van der Waals surface area contributed by atoms with Crippen molar-refractivity contribution in [3.63, 3.8) is 0 Å². The van der Waals surface area contributed by atoms with Gasteiger partial charge in [-0.3, -0.25) is 0 Å². The van der Waals surface area contributed by atoms with Gasteiger partial charge in [0.1, 0.15) is 5.03 Å². The van der Waals surface area contributed by atoms with Crippen LogP contribution in [0, 0.1) is 13.8 Å². The van der Waals surface area contributed by atoms with Gasteiger partial charge in [-0.1, -0.05) is 5.16 Å². The van der Waals surface area contributed by atoms with Gasteiger partial charge in [0.15, 0.2) is 11.0 Å². The van der Waals surface area contributed by atoms with Gasteiger partial charge in [-0.05, 0) is 37.2 Å². The average Bonchev–Trinajstić information content (AvgIpc) is 2.80. The van der Waals surface area contributed by atoms with Crippen LogP contribution in [-0.4, -0.2) is 26.0 Å². The van der Waals surface area contributed by atoms with E-state index in [4.69, 9.17) is 10.9 Å². The SMILES string of the molecule is Cc1cc(C)c(/C(N)=N/O)c(Sc2ncc[nH]2)n1. The molecule has 0 radical (unpaired) electrons. The van der Waals surface area contributed by atoms with E-state index in [-0.39, 0.29) is 5.84 Å². The van der Waals surface area contributed by atoms with Crippen molar-refractivity contribution < 1.29 is 5.21 Å². The van der Waals surface area contributed by atoms with E-state index in [1.807, 2.05) is 19.9 Å². The van der Waals surface area contributed by atoms with E-state index < -0.39 is 0 Å². The predicted octanol–water partition coefficient (Wildman–Crippen LogP) is 1.67. The first-order valence-electron chi connectivity index (χ1n) is 5.25. The second-order valence-corrected chi connectivity index (χ2v) is 4.72. The number of hydrogen-bond acceptors (Lipinski definition) is 5. The number of nitrogens with zero attached hydrogens (tertiary/aromatic N) is 3. The summed E-state index contributed by atoms with van der Waals surface area (Å²) < 4.78 is 0. The molecule has 0 spiro atoms. The molecule has 18 heavy (non-hydrogen) atoms. The molecule has 7 heteroatoms. The molecule has 0 atom stereocenters. The molecule has 2 aromatic heterocycles. The molecule has 0 fully saturated rings. The minimum Gasteiger partial charge on any atom is -0.409 e. The van der Waals surface area contributed by atoms with Crippen molar-refractivity contribution in [3.8, 4) is 0 Å². The maximum absolute atomic E-state index is 8.83. The van der Waals surface area contributed by atoms with Gasteiger partial charge in [0.05, 0.1) is 5.56 Å². The number of rotatable bonds is 3. The number of aromatic nitrogens is 3. The Labute approximate surface area is 108 Å². The fourth-order valence-electron chi connectivity index (χ4n) is 1.64. The van der Waals surface area contributed by atoms with E-state index in [9.17, 15) is 0 Å². The highest BCUT2D eigenvalue weighted by atomic mass is 32.2. The molecule has 0 bridgehead atoms. The van der Waals surface area contributed by atoms with Crippen LogP contribution < -0.4 is 5.73 Å². The third-order valence-electron chi connectivity index (χ3n) is 2.34. The quantitative estimate of drug-likeness (QED) is 0.338. The Morgan fingerprint density at radius 3 is 2.89 bits per heavy atom. The van der Waals surface area contributed by atoms with Crippen LogP contribution in [0.3, 0.4) is 0 Å². The van der Waals surface area contributed by atoms with Crippen molar-refractivity contribution in [2.24, 2.45) is 10.9 Å². The van der Waals surface area contributed by atoms with Crippen LogP contribution in [0.4, 0.5) is 0 Å². The fourth-order valence-corrected chi connectivity index (χ4v) is 2.62. The van der Waals surface area contributed by atoms with Gasteiger partial charge in [0.25, 0.3) is 0 Å². The molecule has 4 N–H and O–H groups in total. The number of aryl methyl sites for hydroxylation is 2. The van der Waals surface area contributed by atoms with Gasteiger partial charge in [-0.2, -0.15) is 0 Å². The first-order chi connectivity index (χ1) is 8.61. The number of pyridine rings is 1. The van der Waals surface area contributed by atoms with E-state index in [0.717, 1.165) is 11.3 Å². The number of oxime groups is 1. The number of hydrogen-bond donors (Lipinski definition) is 3. The Kier molecular flexibility index (Phi) is 3.52. The molecule has 2 rings (SSSR count). The first kappa shape index (κ1) is 12.4. The Morgan fingerprint density at radius 2 is 2.28 bits per heavy atom. The van der Waals surface area contributed by atoms with Crippen LogP contribution >= 0.6 is 11.8 Å². The summed E-state index contributed by atoms with van der Waals surface area (Å²) in [6, 6.07) is 1.89. The van der Waals surface area contributed by atoms with Crippen molar-refractivity contribution >= 4 is 17.6 Å². The van der Waals surface area contributed by atoms with Gasteiger partial charge in [-0.15, -0.1) is 0 Å². The zero-order valence-electron chi connectivity index (χ0n) is 10.0. The number of nitrogens with two attached hydrogens (primary N) is 1. The van der Waals surface area contributed by atoms with Gasteiger partial charge < -0.3 is 15.9 Å². The fraction of sp³-hybridized carbons (Fsp3) is 0.182. The lowest BCUT2D eigenvalue weighted by molar-refractivity contribution is 0.318. The molecule has 0 amide bonds. The standard InChI is InChI=1S/C11H13N5OS/c1-6-5-7(2)15-10(8(6)9(12)16-17)18-11-13-3-4-14-11/h3-5,17H,1-2H3,(H2,12,16)(H,13,14). The van der Waals surface area contributed by atoms with Gasteiger partial charge in [-0.25, -0.2) is 9.97 Å². The Bertz CT molecular complexity index is 579. The number of imidazole rings is 1. The summed E-state index contributed by atoms with van der Waals surface area (Å²) in [6.45, 7) is 3.80. The topological polar surface area (TPSA) is 100 Å². The molecular formula is C11H13N5OS. The third kappa shape index (κ3) is 2.45. The predicted molar refractivity (Wildman–Crippen MR) is 68.9 cm³/mol.